The number of pyridine rings is 1. The summed E-state index contributed by atoms with van der Waals surface area (Å²) in [4.78, 5) is 25.9. The Hall–Kier alpha value is -2.40. The molecule has 5 heteroatoms. The Morgan fingerprint density at radius 2 is 2.00 bits per heavy atom. The zero-order chi connectivity index (χ0) is 19.8. The summed E-state index contributed by atoms with van der Waals surface area (Å²) in [5.74, 6) is -0.363. The molecule has 0 radical (unpaired) electrons. The van der Waals surface area contributed by atoms with Crippen LogP contribution in [0.1, 0.15) is 54.2 Å². The maximum atomic E-state index is 13.0. The highest BCUT2D eigenvalue weighted by atomic mass is 79.9. The first kappa shape index (κ1) is 18.9. The van der Waals surface area contributed by atoms with E-state index in [1.54, 1.807) is 6.20 Å². The van der Waals surface area contributed by atoms with E-state index < -0.39 is 0 Å². The molecule has 1 aliphatic heterocycles. The number of rotatable bonds is 5. The number of unbranched alkanes of at least 4 members (excludes halogenated alkanes) is 1. The zero-order valence-corrected chi connectivity index (χ0v) is 17.7. The van der Waals surface area contributed by atoms with Gasteiger partial charge in [0, 0.05) is 27.8 Å². The molecule has 4 nitrogen and oxygen atoms in total. The lowest BCUT2D eigenvalue weighted by Gasteiger charge is -2.13. The Bertz CT molecular complexity index is 1120. The topological polar surface area (TPSA) is 51.1 Å². The summed E-state index contributed by atoms with van der Waals surface area (Å²) >= 11 is 3.49. The first-order valence-corrected chi connectivity index (χ1v) is 10.5. The number of carbonyl (C=O) groups excluding carboxylic acids is 1. The van der Waals surface area contributed by atoms with Gasteiger partial charge in [-0.3, -0.25) is 9.59 Å². The Kier molecular flexibility index (Phi) is 5.11. The van der Waals surface area contributed by atoms with Crippen molar-refractivity contribution in [1.29, 1.82) is 0 Å². The first-order valence-electron chi connectivity index (χ1n) is 9.75. The summed E-state index contributed by atoms with van der Waals surface area (Å²) in [7, 11) is 0. The Morgan fingerprint density at radius 1 is 1.25 bits per heavy atom. The van der Waals surface area contributed by atoms with E-state index in [9.17, 15) is 9.59 Å². The van der Waals surface area contributed by atoms with Gasteiger partial charge in [-0.05, 0) is 61.6 Å². The monoisotopic (exact) mass is 438 g/mol. The highest BCUT2D eigenvalue weighted by molar-refractivity contribution is 9.10. The molecule has 0 saturated heterocycles. The van der Waals surface area contributed by atoms with Gasteiger partial charge in [0.15, 0.2) is 0 Å². The normalized spacial score (nSPS) is 15.2. The average molecular weight is 439 g/mol. The SMILES string of the molecule is CCCCc1ccc(NC(=O)c2cn3c4c(cc(Br)cc4c2=O)CC3C)cc1. The number of amides is 1. The Labute approximate surface area is 172 Å². The second kappa shape index (κ2) is 7.55. The Morgan fingerprint density at radius 3 is 2.71 bits per heavy atom. The smallest absolute Gasteiger partial charge is 0.261 e. The number of aryl methyl sites for hydroxylation is 1. The van der Waals surface area contributed by atoms with Crippen molar-refractivity contribution in [3.63, 3.8) is 0 Å². The van der Waals surface area contributed by atoms with Crippen LogP contribution in [0.3, 0.4) is 0 Å². The molecule has 0 spiro atoms. The predicted molar refractivity (Wildman–Crippen MR) is 117 cm³/mol. The van der Waals surface area contributed by atoms with Crippen molar-refractivity contribution >= 4 is 38.4 Å². The second-order valence-electron chi connectivity index (χ2n) is 7.55. The van der Waals surface area contributed by atoms with Gasteiger partial charge < -0.3 is 9.88 Å². The Balaban J connectivity index is 1.67. The van der Waals surface area contributed by atoms with Gasteiger partial charge in [-0.1, -0.05) is 41.4 Å². The lowest BCUT2D eigenvalue weighted by molar-refractivity contribution is 0.102. The average Bonchev–Trinajstić information content (AvgIpc) is 2.99. The molecular formula is C23H23BrN2O2. The van der Waals surface area contributed by atoms with Gasteiger partial charge in [0.2, 0.25) is 5.43 Å². The molecule has 1 aliphatic rings. The molecule has 1 unspecified atom stereocenters. The molecule has 2 aromatic carbocycles. The zero-order valence-electron chi connectivity index (χ0n) is 16.1. The molecule has 0 saturated carbocycles. The van der Waals surface area contributed by atoms with Crippen LogP contribution in [0.25, 0.3) is 10.9 Å². The molecule has 28 heavy (non-hydrogen) atoms. The number of anilines is 1. The van der Waals surface area contributed by atoms with E-state index in [2.05, 4.69) is 45.7 Å². The molecule has 1 N–H and O–H groups in total. The highest BCUT2D eigenvalue weighted by Gasteiger charge is 2.25. The van der Waals surface area contributed by atoms with Crippen LogP contribution < -0.4 is 10.7 Å². The number of aromatic nitrogens is 1. The van der Waals surface area contributed by atoms with Gasteiger partial charge in [0.25, 0.3) is 5.91 Å². The molecular weight excluding hydrogens is 416 g/mol. The number of hydrogen-bond acceptors (Lipinski definition) is 2. The minimum absolute atomic E-state index is 0.181. The van der Waals surface area contributed by atoms with Crippen molar-refractivity contribution in [2.45, 2.75) is 45.6 Å². The van der Waals surface area contributed by atoms with Crippen molar-refractivity contribution in [2.75, 3.05) is 5.32 Å². The van der Waals surface area contributed by atoms with Crippen molar-refractivity contribution < 1.29 is 4.79 Å². The molecule has 4 rings (SSSR count). The lowest BCUT2D eigenvalue weighted by Crippen LogP contribution is -2.23. The van der Waals surface area contributed by atoms with E-state index in [0.717, 1.165) is 41.2 Å². The van der Waals surface area contributed by atoms with Crippen LogP contribution in [0.5, 0.6) is 0 Å². The van der Waals surface area contributed by atoms with Crippen molar-refractivity contribution in [3.8, 4) is 0 Å². The molecule has 0 bridgehead atoms. The molecule has 2 heterocycles. The van der Waals surface area contributed by atoms with Gasteiger partial charge in [0.05, 0.1) is 5.52 Å². The number of carbonyl (C=O) groups is 1. The first-order chi connectivity index (χ1) is 13.5. The molecule has 3 aromatic rings. The third-order valence-corrected chi connectivity index (χ3v) is 5.89. The van der Waals surface area contributed by atoms with Crippen molar-refractivity contribution in [3.05, 3.63) is 74.0 Å². The van der Waals surface area contributed by atoms with E-state index in [-0.39, 0.29) is 22.9 Å². The minimum atomic E-state index is -0.363. The molecule has 1 atom stereocenters. The van der Waals surface area contributed by atoms with Crippen molar-refractivity contribution in [2.24, 2.45) is 0 Å². The summed E-state index contributed by atoms with van der Waals surface area (Å²) in [6.07, 6.45) is 5.92. The van der Waals surface area contributed by atoms with Crippen LogP contribution in [0.4, 0.5) is 5.69 Å². The third-order valence-electron chi connectivity index (χ3n) is 5.43. The standard InChI is InChI=1S/C23H23BrN2O2/c1-3-4-5-15-6-8-18(9-7-15)25-23(28)20-13-26-14(2)10-16-11-17(24)12-19(21(16)26)22(20)27/h6-9,11-14H,3-5,10H2,1-2H3,(H,25,28). The molecule has 144 valence electrons. The van der Waals surface area contributed by atoms with E-state index >= 15 is 0 Å². The summed E-state index contributed by atoms with van der Waals surface area (Å²) in [6, 6.07) is 12.0. The number of nitrogens with zero attached hydrogens (tertiary/aromatic N) is 1. The maximum absolute atomic E-state index is 13.0. The number of nitrogens with one attached hydrogen (secondary N) is 1. The summed E-state index contributed by atoms with van der Waals surface area (Å²) < 4.78 is 2.93. The third kappa shape index (κ3) is 3.39. The van der Waals surface area contributed by atoms with Crippen LogP contribution in [-0.2, 0) is 12.8 Å². The van der Waals surface area contributed by atoms with Crippen LogP contribution >= 0.6 is 15.9 Å². The summed E-state index contributed by atoms with van der Waals surface area (Å²) in [6.45, 7) is 4.28. The fourth-order valence-electron chi connectivity index (χ4n) is 3.96. The molecule has 1 aromatic heterocycles. The number of benzene rings is 2. The number of halogens is 1. The quantitative estimate of drug-likeness (QED) is 0.573. The molecule has 0 aliphatic carbocycles. The largest absolute Gasteiger partial charge is 0.343 e. The highest BCUT2D eigenvalue weighted by Crippen LogP contribution is 2.33. The van der Waals surface area contributed by atoms with Gasteiger partial charge in [-0.2, -0.15) is 0 Å². The summed E-state index contributed by atoms with van der Waals surface area (Å²) in [5.41, 5.74) is 4.00. The van der Waals surface area contributed by atoms with Gasteiger partial charge >= 0.3 is 0 Å². The van der Waals surface area contributed by atoms with Crippen LogP contribution in [-0.4, -0.2) is 10.5 Å². The van der Waals surface area contributed by atoms with E-state index in [1.165, 1.54) is 5.56 Å². The molecule has 1 amide bonds. The number of hydrogen-bond donors (Lipinski definition) is 1. The predicted octanol–water partition coefficient (Wildman–Crippen LogP) is 5.48. The summed E-state index contributed by atoms with van der Waals surface area (Å²) in [5, 5.41) is 3.47. The minimum Gasteiger partial charge on any atom is -0.343 e. The lowest BCUT2D eigenvalue weighted by atomic mass is 10.1. The fraction of sp³-hybridized carbons (Fsp3) is 0.304. The van der Waals surface area contributed by atoms with Crippen molar-refractivity contribution in [1.82, 2.24) is 4.57 Å². The van der Waals surface area contributed by atoms with E-state index in [1.807, 2.05) is 30.3 Å². The second-order valence-corrected chi connectivity index (χ2v) is 8.46. The van der Waals surface area contributed by atoms with Gasteiger partial charge in [-0.15, -0.1) is 0 Å². The van der Waals surface area contributed by atoms with Crippen LogP contribution in [0, 0.1) is 0 Å². The van der Waals surface area contributed by atoms with Gasteiger partial charge in [0.1, 0.15) is 5.56 Å². The fourth-order valence-corrected chi connectivity index (χ4v) is 4.46. The van der Waals surface area contributed by atoms with Crippen LogP contribution in [0.2, 0.25) is 0 Å². The van der Waals surface area contributed by atoms with Crippen LogP contribution in [0.15, 0.2) is 51.9 Å². The van der Waals surface area contributed by atoms with E-state index in [0.29, 0.717) is 11.1 Å². The molecule has 0 fully saturated rings. The van der Waals surface area contributed by atoms with E-state index in [4.69, 9.17) is 0 Å². The maximum Gasteiger partial charge on any atom is 0.261 e. The van der Waals surface area contributed by atoms with Gasteiger partial charge in [-0.25, -0.2) is 0 Å².